The summed E-state index contributed by atoms with van der Waals surface area (Å²) in [5, 5.41) is 5.94. The molecule has 1 fully saturated rings. The molecule has 2 heterocycles. The summed E-state index contributed by atoms with van der Waals surface area (Å²) >= 11 is 1.59. The first-order chi connectivity index (χ1) is 15.1. The predicted molar refractivity (Wildman–Crippen MR) is 121 cm³/mol. The molecule has 6 nitrogen and oxygen atoms in total. The first-order valence-corrected chi connectivity index (χ1v) is 11.2. The van der Waals surface area contributed by atoms with E-state index in [1.54, 1.807) is 29.5 Å². The summed E-state index contributed by atoms with van der Waals surface area (Å²) in [5.41, 5.74) is 3.09. The van der Waals surface area contributed by atoms with Gasteiger partial charge < -0.3 is 19.5 Å². The molecule has 1 aliphatic heterocycles. The number of amides is 1. The molecule has 0 bridgehead atoms. The highest BCUT2D eigenvalue weighted by Crippen LogP contribution is 2.28. The van der Waals surface area contributed by atoms with Gasteiger partial charge in [-0.05, 0) is 62.6 Å². The monoisotopic (exact) mass is 438 g/mol. The Hall–Kier alpha value is -2.90. The predicted octanol–water partition coefficient (Wildman–Crippen LogP) is 5.15. The quantitative estimate of drug-likeness (QED) is 0.527. The van der Waals surface area contributed by atoms with Gasteiger partial charge in [0.1, 0.15) is 24.7 Å². The lowest BCUT2D eigenvalue weighted by Crippen LogP contribution is -2.18. The summed E-state index contributed by atoms with van der Waals surface area (Å²) in [7, 11) is 0. The van der Waals surface area contributed by atoms with Crippen molar-refractivity contribution in [1.29, 1.82) is 0 Å². The highest BCUT2D eigenvalue weighted by molar-refractivity contribution is 7.09. The molecule has 0 aliphatic carbocycles. The number of carbonyl (C=O) groups excluding carboxylic acids is 1. The molecular weight excluding hydrogens is 412 g/mol. The van der Waals surface area contributed by atoms with E-state index >= 15 is 0 Å². The summed E-state index contributed by atoms with van der Waals surface area (Å²) in [6.07, 6.45) is 2.17. The molecule has 1 saturated heterocycles. The van der Waals surface area contributed by atoms with Gasteiger partial charge in [-0.25, -0.2) is 4.98 Å². The zero-order chi connectivity index (χ0) is 21.6. The van der Waals surface area contributed by atoms with Crippen LogP contribution in [0.3, 0.4) is 0 Å². The molecule has 162 valence electrons. The second-order valence-corrected chi connectivity index (χ2v) is 8.64. The summed E-state index contributed by atoms with van der Waals surface area (Å²) in [5.74, 6) is 1.05. The lowest BCUT2D eigenvalue weighted by atomic mass is 10.1. The molecule has 0 radical (unpaired) electrons. The zero-order valence-corrected chi connectivity index (χ0v) is 18.5. The number of rotatable bonds is 8. The van der Waals surface area contributed by atoms with Gasteiger partial charge in [0, 0.05) is 17.6 Å². The van der Waals surface area contributed by atoms with E-state index < -0.39 is 0 Å². The molecule has 31 heavy (non-hydrogen) atoms. The third kappa shape index (κ3) is 5.83. The van der Waals surface area contributed by atoms with E-state index in [2.05, 4.69) is 10.3 Å². The van der Waals surface area contributed by atoms with Crippen LogP contribution in [0.25, 0.3) is 0 Å². The number of aromatic nitrogens is 1. The van der Waals surface area contributed by atoms with Gasteiger partial charge in [-0.15, -0.1) is 11.3 Å². The zero-order valence-electron chi connectivity index (χ0n) is 17.7. The van der Waals surface area contributed by atoms with E-state index in [9.17, 15) is 4.79 Å². The van der Waals surface area contributed by atoms with Crippen molar-refractivity contribution < 1.29 is 19.0 Å². The van der Waals surface area contributed by atoms with Crippen LogP contribution < -0.4 is 14.8 Å². The van der Waals surface area contributed by atoms with Crippen LogP contribution in [-0.2, 0) is 11.3 Å². The maximum atomic E-state index is 12.9. The van der Waals surface area contributed by atoms with Crippen LogP contribution in [0.4, 0.5) is 5.69 Å². The normalized spacial score (nSPS) is 15.6. The van der Waals surface area contributed by atoms with Gasteiger partial charge in [0.2, 0.25) is 0 Å². The first kappa shape index (κ1) is 21.3. The van der Waals surface area contributed by atoms with Crippen molar-refractivity contribution in [3.05, 3.63) is 69.7 Å². The van der Waals surface area contributed by atoms with Gasteiger partial charge in [0.15, 0.2) is 0 Å². The number of benzene rings is 2. The SMILES string of the molecule is Cc1ccc(NC(=O)c2cccc(OCc3csc(C)n3)c2)c(OCC2CCCO2)c1. The standard InChI is InChI=1S/C24H26N2O4S/c1-16-8-9-22(23(11-16)30-14-21-7-4-10-28-21)26-24(27)18-5-3-6-20(12-18)29-13-19-15-31-17(2)25-19/h3,5-6,8-9,11-12,15,21H,4,7,10,13-14H2,1-2H3,(H,26,27). The van der Waals surface area contributed by atoms with E-state index in [0.717, 1.165) is 35.7 Å². The van der Waals surface area contributed by atoms with Gasteiger partial charge in [-0.3, -0.25) is 4.79 Å². The van der Waals surface area contributed by atoms with Crippen LogP contribution in [-0.4, -0.2) is 30.2 Å². The van der Waals surface area contributed by atoms with Crippen molar-refractivity contribution in [2.24, 2.45) is 0 Å². The number of nitrogens with zero attached hydrogens (tertiary/aromatic N) is 1. The maximum absolute atomic E-state index is 12.9. The van der Waals surface area contributed by atoms with E-state index in [4.69, 9.17) is 14.2 Å². The fraction of sp³-hybridized carbons (Fsp3) is 0.333. The van der Waals surface area contributed by atoms with Gasteiger partial charge in [0.25, 0.3) is 5.91 Å². The number of anilines is 1. The van der Waals surface area contributed by atoms with Gasteiger partial charge in [-0.2, -0.15) is 0 Å². The summed E-state index contributed by atoms with van der Waals surface area (Å²) in [4.78, 5) is 17.3. The Labute approximate surface area is 186 Å². The van der Waals surface area contributed by atoms with E-state index in [-0.39, 0.29) is 12.0 Å². The minimum Gasteiger partial charge on any atom is -0.489 e. The van der Waals surface area contributed by atoms with E-state index in [0.29, 0.717) is 36.0 Å². The Kier molecular flexibility index (Phi) is 6.84. The van der Waals surface area contributed by atoms with Crippen molar-refractivity contribution in [3.63, 3.8) is 0 Å². The molecule has 1 amide bonds. The van der Waals surface area contributed by atoms with Crippen LogP contribution in [0.2, 0.25) is 0 Å². The fourth-order valence-corrected chi connectivity index (χ4v) is 3.96. The number of nitrogens with one attached hydrogen (secondary N) is 1. The Morgan fingerprint density at radius 3 is 2.90 bits per heavy atom. The molecule has 1 aliphatic rings. The number of hydrogen-bond acceptors (Lipinski definition) is 6. The van der Waals surface area contributed by atoms with Gasteiger partial charge >= 0.3 is 0 Å². The second kappa shape index (κ2) is 9.94. The van der Waals surface area contributed by atoms with Crippen molar-refractivity contribution in [2.75, 3.05) is 18.5 Å². The van der Waals surface area contributed by atoms with E-state index in [1.165, 1.54) is 0 Å². The minimum atomic E-state index is -0.222. The van der Waals surface area contributed by atoms with Gasteiger partial charge in [0.05, 0.1) is 22.5 Å². The number of hydrogen-bond donors (Lipinski definition) is 1. The van der Waals surface area contributed by atoms with Crippen LogP contribution in [0.5, 0.6) is 11.5 Å². The summed E-state index contributed by atoms with van der Waals surface area (Å²) in [6.45, 7) is 5.59. The molecular formula is C24H26N2O4S. The number of ether oxygens (including phenoxy) is 3. The minimum absolute atomic E-state index is 0.111. The first-order valence-electron chi connectivity index (χ1n) is 10.4. The third-order valence-corrected chi connectivity index (χ3v) is 5.81. The molecule has 3 aromatic rings. The molecule has 4 rings (SSSR count). The molecule has 2 aromatic carbocycles. The number of carbonyl (C=O) groups is 1. The molecule has 1 N–H and O–H groups in total. The van der Waals surface area contributed by atoms with Crippen molar-refractivity contribution >= 4 is 22.9 Å². The lowest BCUT2D eigenvalue weighted by Gasteiger charge is -2.16. The smallest absolute Gasteiger partial charge is 0.255 e. The van der Waals surface area contributed by atoms with Crippen molar-refractivity contribution in [1.82, 2.24) is 4.98 Å². The number of aryl methyl sites for hydroxylation is 2. The van der Waals surface area contributed by atoms with Crippen LogP contribution in [0.1, 0.15) is 39.5 Å². The third-order valence-electron chi connectivity index (χ3n) is 4.98. The topological polar surface area (TPSA) is 69.7 Å². The summed E-state index contributed by atoms with van der Waals surface area (Å²) in [6, 6.07) is 12.9. The Bertz CT molecular complexity index is 1040. The van der Waals surface area contributed by atoms with Crippen molar-refractivity contribution in [2.45, 2.75) is 39.4 Å². The largest absolute Gasteiger partial charge is 0.489 e. The Morgan fingerprint density at radius 2 is 2.13 bits per heavy atom. The molecule has 7 heteroatoms. The average molecular weight is 439 g/mol. The highest BCUT2D eigenvalue weighted by Gasteiger charge is 2.18. The Balaban J connectivity index is 1.41. The molecule has 0 saturated carbocycles. The maximum Gasteiger partial charge on any atom is 0.255 e. The van der Waals surface area contributed by atoms with Gasteiger partial charge in [-0.1, -0.05) is 12.1 Å². The summed E-state index contributed by atoms with van der Waals surface area (Å²) < 4.78 is 17.4. The lowest BCUT2D eigenvalue weighted by molar-refractivity contribution is 0.0681. The second-order valence-electron chi connectivity index (χ2n) is 7.57. The molecule has 1 unspecified atom stereocenters. The fourth-order valence-electron chi connectivity index (χ4n) is 3.36. The van der Waals surface area contributed by atoms with Crippen LogP contribution in [0.15, 0.2) is 47.8 Å². The van der Waals surface area contributed by atoms with E-state index in [1.807, 2.05) is 43.5 Å². The average Bonchev–Trinajstić information content (AvgIpc) is 3.44. The number of thiazole rings is 1. The highest BCUT2D eigenvalue weighted by atomic mass is 32.1. The molecule has 0 spiro atoms. The van der Waals surface area contributed by atoms with Crippen molar-refractivity contribution in [3.8, 4) is 11.5 Å². The van der Waals surface area contributed by atoms with Crippen LogP contribution >= 0.6 is 11.3 Å². The molecule has 1 atom stereocenters. The Morgan fingerprint density at radius 1 is 1.23 bits per heavy atom. The molecule has 1 aromatic heterocycles. The van der Waals surface area contributed by atoms with Crippen LogP contribution in [0, 0.1) is 13.8 Å².